The van der Waals surface area contributed by atoms with Crippen LogP contribution in [0.25, 0.3) is 0 Å². The normalized spacial score (nSPS) is 31.3. The van der Waals surface area contributed by atoms with Crippen molar-refractivity contribution >= 4 is 0 Å². The lowest BCUT2D eigenvalue weighted by Crippen LogP contribution is -2.01. The number of allylic oxidation sites excluding steroid dienone is 3. The molecule has 0 bridgehead atoms. The predicted molar refractivity (Wildman–Crippen MR) is 56.6 cm³/mol. The molecule has 1 unspecified atom stereocenters. The van der Waals surface area contributed by atoms with E-state index in [9.17, 15) is 5.11 Å². The van der Waals surface area contributed by atoms with Crippen LogP contribution in [-0.4, -0.2) is 11.2 Å². The summed E-state index contributed by atoms with van der Waals surface area (Å²) >= 11 is 0. The Balaban J connectivity index is 2.33. The van der Waals surface area contributed by atoms with Gasteiger partial charge in [0.25, 0.3) is 0 Å². The molecule has 1 heteroatoms. The molecule has 0 spiro atoms. The maximum atomic E-state index is 9.47. The van der Waals surface area contributed by atoms with Gasteiger partial charge in [-0.05, 0) is 19.3 Å². The van der Waals surface area contributed by atoms with Gasteiger partial charge in [-0.3, -0.25) is 0 Å². The molecule has 0 aromatic rings. The van der Waals surface area contributed by atoms with Crippen LogP contribution in [0.5, 0.6) is 0 Å². The molecule has 1 aliphatic carbocycles. The van der Waals surface area contributed by atoms with Gasteiger partial charge in [0.05, 0.1) is 6.10 Å². The second kappa shape index (κ2) is 6.90. The highest BCUT2D eigenvalue weighted by atomic mass is 16.3. The van der Waals surface area contributed by atoms with E-state index < -0.39 is 0 Å². The number of aliphatic hydroxyl groups is 1. The molecule has 0 heterocycles. The first-order chi connectivity index (χ1) is 6.39. The van der Waals surface area contributed by atoms with Crippen molar-refractivity contribution in [3.8, 4) is 0 Å². The van der Waals surface area contributed by atoms with E-state index >= 15 is 0 Å². The van der Waals surface area contributed by atoms with E-state index in [-0.39, 0.29) is 6.10 Å². The molecule has 0 aromatic heterocycles. The molecule has 0 aliphatic heterocycles. The Morgan fingerprint density at radius 3 is 2.62 bits per heavy atom. The minimum atomic E-state index is -0.232. The Kier molecular flexibility index (Phi) is 5.59. The Morgan fingerprint density at radius 2 is 1.69 bits per heavy atom. The minimum absolute atomic E-state index is 0.232. The predicted octanol–water partition coefficient (Wildman–Crippen LogP) is 3.20. The van der Waals surface area contributed by atoms with Crippen molar-refractivity contribution in [3.05, 3.63) is 24.3 Å². The summed E-state index contributed by atoms with van der Waals surface area (Å²) in [5, 5.41) is 9.47. The van der Waals surface area contributed by atoms with Crippen molar-refractivity contribution in [2.75, 3.05) is 0 Å². The summed E-state index contributed by atoms with van der Waals surface area (Å²) in [5.74, 6) is 0. The maximum Gasteiger partial charge on any atom is 0.0723 e. The Morgan fingerprint density at radius 1 is 0.923 bits per heavy atom. The fraction of sp³-hybridized carbons (Fsp3) is 0.667. The molecule has 1 atom stereocenters. The molecule has 0 radical (unpaired) electrons. The average Bonchev–Trinajstić information content (AvgIpc) is 2.11. The van der Waals surface area contributed by atoms with Crippen molar-refractivity contribution in [2.24, 2.45) is 0 Å². The van der Waals surface area contributed by atoms with Crippen LogP contribution in [0.2, 0.25) is 0 Å². The molecule has 0 amide bonds. The van der Waals surface area contributed by atoms with Gasteiger partial charge in [0, 0.05) is 0 Å². The lowest BCUT2D eigenvalue weighted by molar-refractivity contribution is 0.208. The average molecular weight is 180 g/mol. The lowest BCUT2D eigenvalue weighted by atomic mass is 10.1. The first-order valence-corrected chi connectivity index (χ1v) is 5.41. The molecule has 1 rings (SSSR count). The number of aliphatic hydroxyl groups excluding tert-OH is 1. The maximum absolute atomic E-state index is 9.47. The molecule has 1 N–H and O–H groups in total. The van der Waals surface area contributed by atoms with Crippen LogP contribution < -0.4 is 0 Å². The van der Waals surface area contributed by atoms with Gasteiger partial charge in [-0.25, -0.2) is 0 Å². The number of hydrogen-bond acceptors (Lipinski definition) is 1. The quantitative estimate of drug-likeness (QED) is 0.607. The van der Waals surface area contributed by atoms with Gasteiger partial charge in [0.1, 0.15) is 0 Å². The summed E-state index contributed by atoms with van der Waals surface area (Å²) in [4.78, 5) is 0. The Labute approximate surface area is 81.2 Å². The fourth-order valence-corrected chi connectivity index (χ4v) is 1.61. The minimum Gasteiger partial charge on any atom is -0.389 e. The second-order valence-corrected chi connectivity index (χ2v) is 3.73. The standard InChI is InChI=1S/C12H20O/c13-12-10-8-6-4-2-1-3-5-7-9-11-12/h4,6,8,10,12-13H,1-3,5,7,9,11H2/b6-4-,10-8+. The SMILES string of the molecule is OC1/C=C/C=C\CCCCCCC1. The van der Waals surface area contributed by atoms with Crippen molar-refractivity contribution < 1.29 is 5.11 Å². The molecule has 1 aliphatic rings. The highest BCUT2D eigenvalue weighted by Gasteiger charge is 1.98. The van der Waals surface area contributed by atoms with Crippen LogP contribution in [-0.2, 0) is 0 Å². The van der Waals surface area contributed by atoms with E-state index in [1.54, 1.807) is 0 Å². The van der Waals surface area contributed by atoms with Crippen LogP contribution in [0.3, 0.4) is 0 Å². The highest BCUT2D eigenvalue weighted by molar-refractivity contribution is 5.04. The molecule has 0 fully saturated rings. The molecule has 74 valence electrons. The zero-order valence-corrected chi connectivity index (χ0v) is 8.28. The van der Waals surface area contributed by atoms with Gasteiger partial charge in [0.15, 0.2) is 0 Å². The van der Waals surface area contributed by atoms with E-state index in [0.717, 1.165) is 12.8 Å². The Bertz CT molecular complexity index is 170. The third-order valence-electron chi connectivity index (χ3n) is 2.45. The Hall–Kier alpha value is -0.560. The fourth-order valence-electron chi connectivity index (χ4n) is 1.61. The molecular formula is C12H20O. The molecule has 13 heavy (non-hydrogen) atoms. The van der Waals surface area contributed by atoms with Gasteiger partial charge < -0.3 is 5.11 Å². The van der Waals surface area contributed by atoms with Crippen molar-refractivity contribution in [2.45, 2.75) is 51.0 Å². The zero-order chi connectivity index (χ0) is 9.36. The van der Waals surface area contributed by atoms with Crippen molar-refractivity contribution in [3.63, 3.8) is 0 Å². The monoisotopic (exact) mass is 180 g/mol. The van der Waals surface area contributed by atoms with Gasteiger partial charge in [0.2, 0.25) is 0 Å². The van der Waals surface area contributed by atoms with Gasteiger partial charge in [-0.2, -0.15) is 0 Å². The van der Waals surface area contributed by atoms with Gasteiger partial charge in [-0.15, -0.1) is 0 Å². The molecule has 0 aromatic carbocycles. The summed E-state index contributed by atoms with van der Waals surface area (Å²) in [7, 11) is 0. The van der Waals surface area contributed by atoms with Crippen LogP contribution in [0.1, 0.15) is 44.9 Å². The summed E-state index contributed by atoms with van der Waals surface area (Å²) in [6.45, 7) is 0. The third kappa shape index (κ3) is 5.64. The van der Waals surface area contributed by atoms with Crippen molar-refractivity contribution in [1.29, 1.82) is 0 Å². The van der Waals surface area contributed by atoms with Crippen molar-refractivity contribution in [1.82, 2.24) is 0 Å². The van der Waals surface area contributed by atoms with E-state index in [2.05, 4.69) is 6.08 Å². The van der Waals surface area contributed by atoms with Gasteiger partial charge >= 0.3 is 0 Å². The first-order valence-electron chi connectivity index (χ1n) is 5.41. The summed E-state index contributed by atoms with van der Waals surface area (Å²) < 4.78 is 0. The van der Waals surface area contributed by atoms with E-state index in [4.69, 9.17) is 0 Å². The topological polar surface area (TPSA) is 20.2 Å². The first kappa shape index (κ1) is 10.5. The molecule has 1 nitrogen and oxygen atoms in total. The molecule has 0 saturated carbocycles. The van der Waals surface area contributed by atoms with Crippen LogP contribution >= 0.6 is 0 Å². The van der Waals surface area contributed by atoms with E-state index in [0.29, 0.717) is 0 Å². The summed E-state index contributed by atoms with van der Waals surface area (Å²) in [6, 6.07) is 0. The largest absolute Gasteiger partial charge is 0.389 e. The highest BCUT2D eigenvalue weighted by Crippen LogP contribution is 2.10. The molecule has 0 saturated heterocycles. The second-order valence-electron chi connectivity index (χ2n) is 3.73. The zero-order valence-electron chi connectivity index (χ0n) is 8.28. The smallest absolute Gasteiger partial charge is 0.0723 e. The third-order valence-corrected chi connectivity index (χ3v) is 2.45. The number of hydrogen-bond donors (Lipinski definition) is 1. The lowest BCUT2D eigenvalue weighted by Gasteiger charge is -2.05. The summed E-state index contributed by atoms with van der Waals surface area (Å²) in [6.07, 6.45) is 16.4. The summed E-state index contributed by atoms with van der Waals surface area (Å²) in [5.41, 5.74) is 0. The molecular weight excluding hydrogens is 160 g/mol. The van der Waals surface area contributed by atoms with Gasteiger partial charge in [-0.1, -0.05) is 50.0 Å². The van der Waals surface area contributed by atoms with E-state index in [1.165, 1.54) is 32.1 Å². The number of rotatable bonds is 0. The van der Waals surface area contributed by atoms with Crippen LogP contribution in [0.4, 0.5) is 0 Å². The van der Waals surface area contributed by atoms with Crippen LogP contribution in [0.15, 0.2) is 24.3 Å². The van der Waals surface area contributed by atoms with E-state index in [1.807, 2.05) is 18.2 Å². The van der Waals surface area contributed by atoms with Crippen LogP contribution in [0, 0.1) is 0 Å².